The highest BCUT2D eigenvalue weighted by atomic mass is 15.1. The molecule has 0 saturated carbocycles. The first-order valence-electron chi connectivity index (χ1n) is 5.13. The Hall–Kier alpha value is -1.65. The number of anilines is 1. The summed E-state index contributed by atoms with van der Waals surface area (Å²) in [5.41, 5.74) is 7.22. The number of fused-ring (bicyclic) bond motifs is 1. The summed E-state index contributed by atoms with van der Waals surface area (Å²) in [4.78, 5) is 12.3. The number of nitrogens with zero attached hydrogens (tertiary/aromatic N) is 4. The number of imidazole rings is 1. The van der Waals surface area contributed by atoms with E-state index in [1.165, 1.54) is 6.33 Å². The largest absolute Gasteiger partial charge is 0.382 e. The molecule has 2 aromatic rings. The van der Waals surface area contributed by atoms with Gasteiger partial charge in [0.05, 0.1) is 6.33 Å². The molecule has 5 heteroatoms. The molecule has 5 nitrogen and oxygen atoms in total. The molecule has 0 aromatic carbocycles. The third-order valence-electron chi connectivity index (χ3n) is 2.63. The van der Waals surface area contributed by atoms with Crippen LogP contribution in [0.4, 0.5) is 5.82 Å². The molecule has 0 aliphatic heterocycles. The molecule has 0 radical (unpaired) electrons. The number of aromatic nitrogens is 4. The first-order valence-corrected chi connectivity index (χ1v) is 5.13. The van der Waals surface area contributed by atoms with Gasteiger partial charge in [-0.1, -0.05) is 20.3 Å². The highest BCUT2D eigenvalue weighted by Crippen LogP contribution is 2.16. The minimum absolute atomic E-state index is 0.447. The lowest BCUT2D eigenvalue weighted by Gasteiger charge is -2.09. The van der Waals surface area contributed by atoms with Crippen molar-refractivity contribution < 1.29 is 0 Å². The van der Waals surface area contributed by atoms with Crippen LogP contribution in [-0.4, -0.2) is 19.5 Å². The molecule has 0 saturated heterocycles. The first-order chi connectivity index (χ1) is 7.22. The van der Waals surface area contributed by atoms with Gasteiger partial charge in [0.25, 0.3) is 0 Å². The predicted molar refractivity (Wildman–Crippen MR) is 59.2 cm³/mol. The fraction of sp³-hybridized carbons (Fsp3) is 0.500. The molecular formula is C10H15N5. The molecule has 0 bridgehead atoms. The summed E-state index contributed by atoms with van der Waals surface area (Å²) in [6, 6.07) is 0. The number of rotatable bonds is 3. The first kappa shape index (κ1) is 9.89. The maximum Gasteiger partial charge on any atom is 0.165 e. The summed E-state index contributed by atoms with van der Waals surface area (Å²) in [6.07, 6.45) is 4.40. The summed E-state index contributed by atoms with van der Waals surface area (Å²) in [5.74, 6) is 1.06. The Morgan fingerprint density at radius 3 is 2.93 bits per heavy atom. The van der Waals surface area contributed by atoms with Crippen LogP contribution in [0.2, 0.25) is 0 Å². The van der Waals surface area contributed by atoms with Crippen molar-refractivity contribution in [1.82, 2.24) is 19.5 Å². The third kappa shape index (κ3) is 1.77. The molecule has 2 rings (SSSR count). The zero-order chi connectivity index (χ0) is 10.8. The van der Waals surface area contributed by atoms with Gasteiger partial charge < -0.3 is 10.3 Å². The van der Waals surface area contributed by atoms with E-state index >= 15 is 0 Å². The Kier molecular flexibility index (Phi) is 2.53. The Morgan fingerprint density at radius 1 is 1.40 bits per heavy atom. The van der Waals surface area contributed by atoms with E-state index in [0.29, 0.717) is 17.3 Å². The minimum Gasteiger partial charge on any atom is -0.382 e. The average molecular weight is 205 g/mol. The van der Waals surface area contributed by atoms with Crippen LogP contribution in [0, 0.1) is 5.92 Å². The zero-order valence-corrected chi connectivity index (χ0v) is 9.01. The quantitative estimate of drug-likeness (QED) is 0.823. The van der Waals surface area contributed by atoms with E-state index in [0.717, 1.165) is 18.6 Å². The molecule has 0 aliphatic rings. The zero-order valence-electron chi connectivity index (χ0n) is 9.01. The van der Waals surface area contributed by atoms with Gasteiger partial charge >= 0.3 is 0 Å². The number of hydrogen-bond acceptors (Lipinski definition) is 4. The fourth-order valence-corrected chi connectivity index (χ4v) is 1.50. The van der Waals surface area contributed by atoms with E-state index in [1.54, 1.807) is 6.33 Å². The monoisotopic (exact) mass is 205 g/mol. The SMILES string of the molecule is CCC(C)Cn1cnc2c(N)ncnc21. The maximum atomic E-state index is 5.71. The lowest BCUT2D eigenvalue weighted by molar-refractivity contribution is 0.474. The third-order valence-corrected chi connectivity index (χ3v) is 2.63. The van der Waals surface area contributed by atoms with Crippen LogP contribution in [0.5, 0.6) is 0 Å². The molecule has 0 amide bonds. The molecule has 1 atom stereocenters. The van der Waals surface area contributed by atoms with Gasteiger partial charge in [-0.05, 0) is 5.92 Å². The highest BCUT2D eigenvalue weighted by molar-refractivity contribution is 5.80. The van der Waals surface area contributed by atoms with Crippen molar-refractivity contribution in [2.75, 3.05) is 5.73 Å². The molecule has 0 aliphatic carbocycles. The second-order valence-electron chi connectivity index (χ2n) is 3.84. The number of hydrogen-bond donors (Lipinski definition) is 1. The lowest BCUT2D eigenvalue weighted by atomic mass is 10.1. The van der Waals surface area contributed by atoms with Crippen LogP contribution < -0.4 is 5.73 Å². The maximum absolute atomic E-state index is 5.71. The smallest absolute Gasteiger partial charge is 0.165 e. The van der Waals surface area contributed by atoms with Crippen LogP contribution in [0.1, 0.15) is 20.3 Å². The van der Waals surface area contributed by atoms with Crippen molar-refractivity contribution in [1.29, 1.82) is 0 Å². The Morgan fingerprint density at radius 2 is 2.20 bits per heavy atom. The fourth-order valence-electron chi connectivity index (χ4n) is 1.50. The van der Waals surface area contributed by atoms with Gasteiger partial charge in [-0.25, -0.2) is 15.0 Å². The van der Waals surface area contributed by atoms with Crippen LogP contribution in [0.25, 0.3) is 11.2 Å². The molecule has 0 spiro atoms. The van der Waals surface area contributed by atoms with Crippen molar-refractivity contribution in [2.45, 2.75) is 26.8 Å². The van der Waals surface area contributed by atoms with Gasteiger partial charge in [-0.2, -0.15) is 0 Å². The van der Waals surface area contributed by atoms with E-state index in [4.69, 9.17) is 5.73 Å². The van der Waals surface area contributed by atoms with Gasteiger partial charge in [0.2, 0.25) is 0 Å². The second kappa shape index (κ2) is 3.84. The van der Waals surface area contributed by atoms with Gasteiger partial charge in [0.1, 0.15) is 11.8 Å². The average Bonchev–Trinajstić information content (AvgIpc) is 2.63. The van der Waals surface area contributed by atoms with Crippen LogP contribution >= 0.6 is 0 Å². The summed E-state index contributed by atoms with van der Waals surface area (Å²) in [6.45, 7) is 5.30. The van der Waals surface area contributed by atoms with Crippen molar-refractivity contribution in [3.05, 3.63) is 12.7 Å². The summed E-state index contributed by atoms with van der Waals surface area (Å²) in [5, 5.41) is 0. The molecule has 1 unspecified atom stereocenters. The standard InChI is InChI=1S/C10H15N5/c1-3-7(2)4-15-6-14-8-9(11)12-5-13-10(8)15/h5-7H,3-4H2,1-2H3,(H2,11,12,13). The van der Waals surface area contributed by atoms with Gasteiger partial charge in [-0.3, -0.25) is 0 Å². The molecule has 0 fully saturated rings. The van der Waals surface area contributed by atoms with E-state index in [2.05, 4.69) is 28.8 Å². The van der Waals surface area contributed by atoms with Gasteiger partial charge in [-0.15, -0.1) is 0 Å². The van der Waals surface area contributed by atoms with Crippen molar-refractivity contribution in [2.24, 2.45) is 5.92 Å². The predicted octanol–water partition coefficient (Wildman–Crippen LogP) is 1.45. The Labute approximate surface area is 88.4 Å². The Bertz CT molecular complexity index is 462. The molecule has 2 heterocycles. The molecule has 80 valence electrons. The normalized spacial score (nSPS) is 13.2. The summed E-state index contributed by atoms with van der Waals surface area (Å²) in [7, 11) is 0. The summed E-state index contributed by atoms with van der Waals surface area (Å²) < 4.78 is 2.03. The lowest BCUT2D eigenvalue weighted by Crippen LogP contribution is -2.06. The Balaban J connectivity index is 2.41. The van der Waals surface area contributed by atoms with Gasteiger partial charge in [0.15, 0.2) is 11.5 Å². The van der Waals surface area contributed by atoms with E-state index in [9.17, 15) is 0 Å². The molecular weight excluding hydrogens is 190 g/mol. The van der Waals surface area contributed by atoms with E-state index in [1.807, 2.05) is 4.57 Å². The van der Waals surface area contributed by atoms with E-state index in [-0.39, 0.29) is 0 Å². The minimum atomic E-state index is 0.447. The van der Waals surface area contributed by atoms with Crippen molar-refractivity contribution in [3.8, 4) is 0 Å². The number of nitrogens with two attached hydrogens (primary N) is 1. The molecule has 2 aromatic heterocycles. The second-order valence-corrected chi connectivity index (χ2v) is 3.84. The van der Waals surface area contributed by atoms with Crippen LogP contribution in [0.15, 0.2) is 12.7 Å². The van der Waals surface area contributed by atoms with Crippen molar-refractivity contribution in [3.63, 3.8) is 0 Å². The van der Waals surface area contributed by atoms with Crippen LogP contribution in [-0.2, 0) is 6.54 Å². The van der Waals surface area contributed by atoms with Gasteiger partial charge in [0, 0.05) is 6.54 Å². The molecule has 15 heavy (non-hydrogen) atoms. The van der Waals surface area contributed by atoms with E-state index < -0.39 is 0 Å². The van der Waals surface area contributed by atoms with Crippen LogP contribution in [0.3, 0.4) is 0 Å². The summed E-state index contributed by atoms with van der Waals surface area (Å²) >= 11 is 0. The molecule has 2 N–H and O–H groups in total. The number of nitrogen functional groups attached to an aromatic ring is 1. The van der Waals surface area contributed by atoms with Crippen molar-refractivity contribution >= 4 is 17.0 Å². The highest BCUT2D eigenvalue weighted by Gasteiger charge is 2.09. The topological polar surface area (TPSA) is 69.6 Å².